The number of halogens is 1. The predicted molar refractivity (Wildman–Crippen MR) is 206 cm³/mol. The van der Waals surface area contributed by atoms with Crippen LogP contribution in [0.15, 0.2) is 42.5 Å². The second kappa shape index (κ2) is 20.3. The minimum Gasteiger partial charge on any atom is -0.492 e. The SMILES string of the molecule is C=C(C)C(=O)OCCCc1cc(-c2ccc(C3CCC(CCCCC)CC3)cc2F)cc(CCCS)c1OCC(CS)(CS)CS. The molecule has 0 radical (unpaired) electrons. The van der Waals surface area contributed by atoms with E-state index in [4.69, 9.17) is 9.47 Å². The van der Waals surface area contributed by atoms with Crippen LogP contribution >= 0.6 is 50.5 Å². The van der Waals surface area contributed by atoms with Gasteiger partial charge >= 0.3 is 5.97 Å². The maximum atomic E-state index is 16.0. The summed E-state index contributed by atoms with van der Waals surface area (Å²) in [6.45, 7) is 8.25. The number of unbranched alkanes of at least 4 members (excludes halogenated alkanes) is 2. The zero-order valence-electron chi connectivity index (χ0n) is 27.9. The van der Waals surface area contributed by atoms with Crippen LogP contribution in [-0.4, -0.2) is 42.2 Å². The minimum atomic E-state index is -0.395. The molecule has 0 heterocycles. The molecule has 0 amide bonds. The van der Waals surface area contributed by atoms with E-state index in [0.717, 1.165) is 65.4 Å². The van der Waals surface area contributed by atoms with Gasteiger partial charge in [0.1, 0.15) is 11.6 Å². The van der Waals surface area contributed by atoms with Crippen LogP contribution in [0.3, 0.4) is 0 Å². The van der Waals surface area contributed by atoms with E-state index in [-0.39, 0.29) is 17.8 Å². The fourth-order valence-electron chi connectivity index (χ4n) is 6.29. The summed E-state index contributed by atoms with van der Waals surface area (Å²) in [5.41, 5.74) is 4.63. The highest BCUT2D eigenvalue weighted by atomic mass is 32.1. The molecule has 46 heavy (non-hydrogen) atoms. The number of benzene rings is 2. The van der Waals surface area contributed by atoms with Gasteiger partial charge < -0.3 is 9.47 Å². The number of rotatable bonds is 20. The quantitative estimate of drug-likeness (QED) is 0.0479. The van der Waals surface area contributed by atoms with Gasteiger partial charge in [-0.25, -0.2) is 9.18 Å². The fraction of sp³-hybridized carbons (Fsp3) is 0.605. The van der Waals surface area contributed by atoms with E-state index < -0.39 is 5.97 Å². The van der Waals surface area contributed by atoms with Crippen LogP contribution in [0.4, 0.5) is 4.39 Å². The summed E-state index contributed by atoms with van der Waals surface area (Å²) in [6.07, 6.45) is 12.8. The van der Waals surface area contributed by atoms with E-state index >= 15 is 4.39 Å². The third-order valence-corrected chi connectivity index (χ3v) is 11.7. The largest absolute Gasteiger partial charge is 0.492 e. The van der Waals surface area contributed by atoms with E-state index in [1.807, 2.05) is 12.1 Å². The molecular formula is C38H55FO3S4. The third-order valence-electron chi connectivity index (χ3n) is 9.39. The lowest BCUT2D eigenvalue weighted by atomic mass is 9.77. The molecule has 0 N–H and O–H groups in total. The van der Waals surface area contributed by atoms with Crippen molar-refractivity contribution >= 4 is 56.5 Å². The molecule has 1 aliphatic carbocycles. The van der Waals surface area contributed by atoms with Crippen LogP contribution in [0.1, 0.15) is 101 Å². The summed E-state index contributed by atoms with van der Waals surface area (Å²) in [5, 5.41) is 0. The molecule has 256 valence electrons. The van der Waals surface area contributed by atoms with Gasteiger partial charge in [0.2, 0.25) is 0 Å². The molecule has 0 unspecified atom stereocenters. The topological polar surface area (TPSA) is 35.5 Å². The van der Waals surface area contributed by atoms with Crippen molar-refractivity contribution < 1.29 is 18.7 Å². The number of aryl methyl sites for hydroxylation is 2. The fourth-order valence-corrected chi connectivity index (χ4v) is 7.92. The van der Waals surface area contributed by atoms with E-state index in [1.165, 1.54) is 38.5 Å². The molecule has 1 fully saturated rings. The summed E-state index contributed by atoms with van der Waals surface area (Å²) in [5.74, 6) is 3.98. The van der Waals surface area contributed by atoms with Gasteiger partial charge in [0, 0.05) is 33.8 Å². The van der Waals surface area contributed by atoms with Gasteiger partial charge in [0.05, 0.1) is 13.2 Å². The summed E-state index contributed by atoms with van der Waals surface area (Å²) in [7, 11) is 0. The Labute approximate surface area is 299 Å². The molecule has 0 spiro atoms. The minimum absolute atomic E-state index is 0.183. The molecule has 0 saturated heterocycles. The van der Waals surface area contributed by atoms with E-state index in [0.29, 0.717) is 53.8 Å². The summed E-state index contributed by atoms with van der Waals surface area (Å²) >= 11 is 18.2. The highest BCUT2D eigenvalue weighted by Crippen LogP contribution is 2.40. The number of carbonyl (C=O) groups is 1. The van der Waals surface area contributed by atoms with Gasteiger partial charge in [-0.3, -0.25) is 0 Å². The average molecular weight is 707 g/mol. The summed E-state index contributed by atoms with van der Waals surface area (Å²) in [6, 6.07) is 9.99. The van der Waals surface area contributed by atoms with Crippen molar-refractivity contribution in [1.82, 2.24) is 0 Å². The molecular weight excluding hydrogens is 652 g/mol. The number of ether oxygens (including phenoxy) is 2. The molecule has 0 aliphatic heterocycles. The molecule has 0 atom stereocenters. The number of hydrogen-bond donors (Lipinski definition) is 4. The van der Waals surface area contributed by atoms with Crippen molar-refractivity contribution in [2.75, 3.05) is 36.2 Å². The second-order valence-electron chi connectivity index (χ2n) is 13.2. The Morgan fingerprint density at radius 3 is 2.15 bits per heavy atom. The monoisotopic (exact) mass is 706 g/mol. The lowest BCUT2D eigenvalue weighted by Gasteiger charge is -2.30. The molecule has 0 bridgehead atoms. The third kappa shape index (κ3) is 11.4. The van der Waals surface area contributed by atoms with Crippen LogP contribution < -0.4 is 4.74 Å². The first kappa shape index (κ1) is 39.2. The normalized spacial score (nSPS) is 16.8. The molecule has 3 nitrogen and oxygen atoms in total. The van der Waals surface area contributed by atoms with Gasteiger partial charge in [0.25, 0.3) is 0 Å². The number of hydrogen-bond acceptors (Lipinski definition) is 7. The second-order valence-corrected chi connectivity index (χ2v) is 14.6. The smallest absolute Gasteiger partial charge is 0.333 e. The Morgan fingerprint density at radius 1 is 0.935 bits per heavy atom. The van der Waals surface area contributed by atoms with Crippen molar-refractivity contribution in [2.45, 2.75) is 96.8 Å². The number of esters is 1. The first-order chi connectivity index (χ1) is 22.2. The van der Waals surface area contributed by atoms with Crippen molar-refractivity contribution in [3.05, 3.63) is 65.0 Å². The van der Waals surface area contributed by atoms with E-state index in [9.17, 15) is 4.79 Å². The maximum absolute atomic E-state index is 16.0. The molecule has 3 rings (SSSR count). The van der Waals surface area contributed by atoms with Crippen LogP contribution in [-0.2, 0) is 22.4 Å². The number of carbonyl (C=O) groups excluding carboxylic acids is 1. The standard InChI is InChI=1S/C38H55FO3S4/c1-4-5-6-9-28-12-14-29(15-13-28)30-16-17-34(35(39)22-30)33-20-31(10-7-18-41-37(40)27(2)3)36(32(21-33)11-8-19-43)42-23-38(24-44,25-45)26-46/h16-17,20-22,28-29,43-46H,2,4-15,18-19,23-26H2,1,3H3. The Hall–Kier alpha value is -1.22. The van der Waals surface area contributed by atoms with Crippen molar-refractivity contribution in [2.24, 2.45) is 11.3 Å². The van der Waals surface area contributed by atoms with Gasteiger partial charge in [-0.2, -0.15) is 50.5 Å². The molecule has 1 saturated carbocycles. The highest BCUT2D eigenvalue weighted by Gasteiger charge is 2.28. The first-order valence-corrected chi connectivity index (χ1v) is 19.6. The van der Waals surface area contributed by atoms with Crippen LogP contribution in [0.2, 0.25) is 0 Å². The summed E-state index contributed by atoms with van der Waals surface area (Å²) in [4.78, 5) is 12.0. The highest BCUT2D eigenvalue weighted by molar-refractivity contribution is 7.82. The van der Waals surface area contributed by atoms with E-state index in [2.05, 4.69) is 76.2 Å². The van der Waals surface area contributed by atoms with E-state index in [1.54, 1.807) is 13.0 Å². The first-order valence-electron chi connectivity index (χ1n) is 17.0. The lowest BCUT2D eigenvalue weighted by molar-refractivity contribution is -0.139. The lowest BCUT2D eigenvalue weighted by Crippen LogP contribution is -2.35. The van der Waals surface area contributed by atoms with Gasteiger partial charge in [-0.05, 0) is 116 Å². The van der Waals surface area contributed by atoms with Crippen molar-refractivity contribution in [1.29, 1.82) is 0 Å². The molecule has 1 aliphatic rings. The van der Waals surface area contributed by atoms with Crippen molar-refractivity contribution in [3.8, 4) is 16.9 Å². The Balaban J connectivity index is 1.90. The average Bonchev–Trinajstić information content (AvgIpc) is 3.07. The molecule has 2 aromatic rings. The zero-order valence-corrected chi connectivity index (χ0v) is 31.4. The Kier molecular flexibility index (Phi) is 17.3. The maximum Gasteiger partial charge on any atom is 0.333 e. The van der Waals surface area contributed by atoms with Gasteiger partial charge in [-0.1, -0.05) is 51.3 Å². The van der Waals surface area contributed by atoms with Crippen LogP contribution in [0.5, 0.6) is 5.75 Å². The van der Waals surface area contributed by atoms with Gasteiger partial charge in [0.15, 0.2) is 0 Å². The van der Waals surface area contributed by atoms with Crippen LogP contribution in [0.25, 0.3) is 11.1 Å². The zero-order chi connectivity index (χ0) is 33.5. The van der Waals surface area contributed by atoms with Gasteiger partial charge in [-0.15, -0.1) is 0 Å². The van der Waals surface area contributed by atoms with Crippen molar-refractivity contribution in [3.63, 3.8) is 0 Å². The Morgan fingerprint density at radius 2 is 1.59 bits per heavy atom. The Bertz CT molecular complexity index is 1250. The molecule has 2 aromatic carbocycles. The molecule has 0 aromatic heterocycles. The summed E-state index contributed by atoms with van der Waals surface area (Å²) < 4.78 is 27.9. The van der Waals surface area contributed by atoms with Crippen LogP contribution in [0, 0.1) is 17.2 Å². The molecule has 8 heteroatoms. The number of thiol groups is 4. The predicted octanol–water partition coefficient (Wildman–Crippen LogP) is 10.4.